The molecule has 1 atom stereocenters. The van der Waals surface area contributed by atoms with Crippen LogP contribution in [0.2, 0.25) is 0 Å². The predicted molar refractivity (Wildman–Crippen MR) is 69.9 cm³/mol. The van der Waals surface area contributed by atoms with Crippen molar-refractivity contribution >= 4 is 5.69 Å². The van der Waals surface area contributed by atoms with Crippen LogP contribution < -0.4 is 10.6 Å². The number of piperidine rings is 1. The van der Waals surface area contributed by atoms with Crippen LogP contribution >= 0.6 is 0 Å². The van der Waals surface area contributed by atoms with Crippen LogP contribution in [-0.4, -0.2) is 19.1 Å². The molecular formula is C14H22N2. The maximum Gasteiger partial charge on any atom is 0.0369 e. The molecule has 2 N–H and O–H groups in total. The number of rotatable bonds is 3. The molecule has 88 valence electrons. The van der Waals surface area contributed by atoms with Crippen molar-refractivity contribution in [2.45, 2.75) is 38.6 Å². The number of benzene rings is 1. The van der Waals surface area contributed by atoms with Gasteiger partial charge in [-0.25, -0.2) is 0 Å². The standard InChI is InChI=1S/C14H22N2/c1-2-5-12-6-3-8-14(10-12)16-9-4-7-13(15)11-16/h3,6,8,10,13H,2,4-5,7,9,11,15H2,1H3. The van der Waals surface area contributed by atoms with E-state index in [0.29, 0.717) is 6.04 Å². The summed E-state index contributed by atoms with van der Waals surface area (Å²) < 4.78 is 0. The van der Waals surface area contributed by atoms with E-state index in [1.165, 1.54) is 36.9 Å². The lowest BCUT2D eigenvalue weighted by Crippen LogP contribution is -2.42. The van der Waals surface area contributed by atoms with Crippen molar-refractivity contribution in [1.29, 1.82) is 0 Å². The lowest BCUT2D eigenvalue weighted by Gasteiger charge is -2.32. The number of hydrogen-bond donors (Lipinski definition) is 1. The highest BCUT2D eigenvalue weighted by molar-refractivity contribution is 5.49. The van der Waals surface area contributed by atoms with Crippen molar-refractivity contribution in [3.63, 3.8) is 0 Å². The number of anilines is 1. The first-order valence-corrected chi connectivity index (χ1v) is 6.39. The van der Waals surface area contributed by atoms with Crippen LogP contribution in [0.1, 0.15) is 31.7 Å². The second kappa shape index (κ2) is 5.35. The second-order valence-corrected chi connectivity index (χ2v) is 4.77. The summed E-state index contributed by atoms with van der Waals surface area (Å²) in [7, 11) is 0. The molecule has 2 heteroatoms. The first-order chi connectivity index (χ1) is 7.79. The van der Waals surface area contributed by atoms with Crippen molar-refractivity contribution in [2.24, 2.45) is 5.73 Å². The summed E-state index contributed by atoms with van der Waals surface area (Å²) in [6, 6.07) is 9.26. The summed E-state index contributed by atoms with van der Waals surface area (Å²) in [5, 5.41) is 0. The Kier molecular flexibility index (Phi) is 3.83. The maximum absolute atomic E-state index is 6.02. The van der Waals surface area contributed by atoms with E-state index in [2.05, 4.69) is 36.1 Å². The summed E-state index contributed by atoms with van der Waals surface area (Å²) in [6.45, 7) is 4.39. The Hall–Kier alpha value is -1.02. The Morgan fingerprint density at radius 1 is 1.44 bits per heavy atom. The fourth-order valence-electron chi connectivity index (χ4n) is 2.44. The van der Waals surface area contributed by atoms with Crippen molar-refractivity contribution in [3.05, 3.63) is 29.8 Å². The zero-order valence-electron chi connectivity index (χ0n) is 10.2. The van der Waals surface area contributed by atoms with E-state index in [0.717, 1.165) is 13.1 Å². The number of nitrogens with two attached hydrogens (primary N) is 1. The largest absolute Gasteiger partial charge is 0.370 e. The van der Waals surface area contributed by atoms with Crippen LogP contribution in [0.25, 0.3) is 0 Å². The molecule has 0 radical (unpaired) electrons. The van der Waals surface area contributed by atoms with Crippen LogP contribution in [-0.2, 0) is 6.42 Å². The van der Waals surface area contributed by atoms with E-state index < -0.39 is 0 Å². The molecule has 0 spiro atoms. The first kappa shape index (κ1) is 11.5. The third-order valence-corrected chi connectivity index (χ3v) is 3.27. The van der Waals surface area contributed by atoms with Gasteiger partial charge in [0.2, 0.25) is 0 Å². The van der Waals surface area contributed by atoms with Gasteiger partial charge in [-0.15, -0.1) is 0 Å². The molecule has 1 aromatic carbocycles. The van der Waals surface area contributed by atoms with Crippen molar-refractivity contribution in [3.8, 4) is 0 Å². The van der Waals surface area contributed by atoms with E-state index in [9.17, 15) is 0 Å². The molecule has 1 aromatic rings. The molecular weight excluding hydrogens is 196 g/mol. The highest BCUT2D eigenvalue weighted by atomic mass is 15.1. The Morgan fingerprint density at radius 3 is 3.06 bits per heavy atom. The summed E-state index contributed by atoms with van der Waals surface area (Å²) in [4.78, 5) is 2.42. The molecule has 0 amide bonds. The average molecular weight is 218 g/mol. The van der Waals surface area contributed by atoms with Gasteiger partial charge >= 0.3 is 0 Å². The average Bonchev–Trinajstić information content (AvgIpc) is 2.30. The van der Waals surface area contributed by atoms with Gasteiger partial charge in [0.25, 0.3) is 0 Å². The minimum Gasteiger partial charge on any atom is -0.370 e. The molecule has 0 aliphatic carbocycles. The molecule has 0 aromatic heterocycles. The fraction of sp³-hybridized carbons (Fsp3) is 0.571. The monoisotopic (exact) mass is 218 g/mol. The van der Waals surface area contributed by atoms with Crippen molar-refractivity contribution in [2.75, 3.05) is 18.0 Å². The minimum atomic E-state index is 0.351. The molecule has 2 rings (SSSR count). The van der Waals surface area contributed by atoms with Crippen molar-refractivity contribution < 1.29 is 0 Å². The molecule has 1 aliphatic rings. The van der Waals surface area contributed by atoms with Crippen LogP contribution in [0.4, 0.5) is 5.69 Å². The second-order valence-electron chi connectivity index (χ2n) is 4.77. The molecule has 16 heavy (non-hydrogen) atoms. The predicted octanol–water partition coefficient (Wildman–Crippen LogP) is 2.57. The summed E-state index contributed by atoms with van der Waals surface area (Å²) in [6.07, 6.45) is 4.78. The number of nitrogens with zero attached hydrogens (tertiary/aromatic N) is 1. The third kappa shape index (κ3) is 2.76. The Morgan fingerprint density at radius 2 is 2.31 bits per heavy atom. The normalized spacial score (nSPS) is 21.1. The molecule has 2 nitrogen and oxygen atoms in total. The summed E-state index contributed by atoms with van der Waals surface area (Å²) >= 11 is 0. The quantitative estimate of drug-likeness (QED) is 0.845. The highest BCUT2D eigenvalue weighted by Gasteiger charge is 2.16. The van der Waals surface area contributed by atoms with Gasteiger partial charge in [0.05, 0.1) is 0 Å². The number of hydrogen-bond acceptors (Lipinski definition) is 2. The summed E-state index contributed by atoms with van der Waals surface area (Å²) in [5.41, 5.74) is 8.81. The molecule has 1 saturated heterocycles. The fourth-order valence-corrected chi connectivity index (χ4v) is 2.44. The van der Waals surface area contributed by atoms with Gasteiger partial charge in [-0.2, -0.15) is 0 Å². The van der Waals surface area contributed by atoms with Gasteiger partial charge in [0.1, 0.15) is 0 Å². The van der Waals surface area contributed by atoms with Gasteiger partial charge in [-0.3, -0.25) is 0 Å². The molecule has 1 aliphatic heterocycles. The van der Waals surface area contributed by atoms with E-state index in [-0.39, 0.29) is 0 Å². The van der Waals surface area contributed by atoms with Gasteiger partial charge in [-0.1, -0.05) is 25.5 Å². The molecule has 1 unspecified atom stereocenters. The van der Waals surface area contributed by atoms with Crippen LogP contribution in [0.15, 0.2) is 24.3 Å². The molecule has 1 fully saturated rings. The van der Waals surface area contributed by atoms with E-state index in [1.54, 1.807) is 0 Å². The topological polar surface area (TPSA) is 29.3 Å². The van der Waals surface area contributed by atoms with E-state index in [4.69, 9.17) is 5.73 Å². The smallest absolute Gasteiger partial charge is 0.0369 e. The summed E-state index contributed by atoms with van der Waals surface area (Å²) in [5.74, 6) is 0. The Labute approximate surface area is 98.4 Å². The van der Waals surface area contributed by atoms with Crippen LogP contribution in [0, 0.1) is 0 Å². The SMILES string of the molecule is CCCc1cccc(N2CCCC(N)C2)c1. The molecule has 1 heterocycles. The Bertz CT molecular complexity index is 335. The molecule has 0 bridgehead atoms. The Balaban J connectivity index is 2.09. The highest BCUT2D eigenvalue weighted by Crippen LogP contribution is 2.21. The van der Waals surface area contributed by atoms with Crippen molar-refractivity contribution in [1.82, 2.24) is 0 Å². The number of aryl methyl sites for hydroxylation is 1. The lowest BCUT2D eigenvalue weighted by molar-refractivity contribution is 0.506. The van der Waals surface area contributed by atoms with Gasteiger partial charge < -0.3 is 10.6 Å². The third-order valence-electron chi connectivity index (χ3n) is 3.27. The van der Waals surface area contributed by atoms with Crippen LogP contribution in [0.3, 0.4) is 0 Å². The first-order valence-electron chi connectivity index (χ1n) is 6.39. The van der Waals surface area contributed by atoms with Gasteiger partial charge in [-0.05, 0) is 37.0 Å². The van der Waals surface area contributed by atoms with E-state index >= 15 is 0 Å². The zero-order chi connectivity index (χ0) is 11.4. The van der Waals surface area contributed by atoms with E-state index in [1.807, 2.05) is 0 Å². The zero-order valence-corrected chi connectivity index (χ0v) is 10.2. The van der Waals surface area contributed by atoms with Gasteiger partial charge in [0.15, 0.2) is 0 Å². The van der Waals surface area contributed by atoms with Gasteiger partial charge in [0, 0.05) is 24.8 Å². The lowest BCUT2D eigenvalue weighted by atomic mass is 10.0. The maximum atomic E-state index is 6.02. The minimum absolute atomic E-state index is 0.351. The molecule has 0 saturated carbocycles. The van der Waals surface area contributed by atoms with Crippen LogP contribution in [0.5, 0.6) is 0 Å².